The van der Waals surface area contributed by atoms with Crippen molar-refractivity contribution in [2.24, 2.45) is 11.8 Å². The number of hydrogen-bond acceptors (Lipinski definition) is 8. The van der Waals surface area contributed by atoms with E-state index in [1.54, 1.807) is 11.0 Å². The van der Waals surface area contributed by atoms with Gasteiger partial charge >= 0.3 is 17.9 Å². The van der Waals surface area contributed by atoms with E-state index in [1.807, 2.05) is 0 Å². The molecule has 4 fully saturated rings. The van der Waals surface area contributed by atoms with E-state index in [0.717, 1.165) is 13.0 Å². The van der Waals surface area contributed by atoms with Gasteiger partial charge in [0.25, 0.3) is 0 Å². The van der Waals surface area contributed by atoms with Gasteiger partial charge in [0.15, 0.2) is 11.9 Å². The SMILES string of the molecule is FC[C@@H]1C[C-]2CCCN2C1.Nc1cc2c3c(c(F)ccc3c1)C#[N+][C@]1(F)[C@@H]3COCCN(c4nc(O)nc5c(F)c-2ncc45)[C@@H]31.[U]. The Labute approximate surface area is 285 Å². The number of hydrogen-bond donors (Lipinski definition) is 2. The van der Waals surface area contributed by atoms with Crippen LogP contribution in [0.5, 0.6) is 6.01 Å². The Balaban J connectivity index is 0.000000262. The van der Waals surface area contributed by atoms with E-state index < -0.39 is 35.4 Å². The molecule has 0 radical (unpaired) electrons. The van der Waals surface area contributed by atoms with E-state index in [1.165, 1.54) is 49.8 Å². The molecule has 236 valence electrons. The molecular weight excluding hydrogens is 828 g/mol. The summed E-state index contributed by atoms with van der Waals surface area (Å²) in [6.07, 6.45) is 4.93. The van der Waals surface area contributed by atoms with Crippen LogP contribution in [0.2, 0.25) is 0 Å². The first-order valence-corrected chi connectivity index (χ1v) is 15.0. The van der Waals surface area contributed by atoms with Crippen LogP contribution in [0.4, 0.5) is 29.1 Å². The number of pyridine rings is 1. The van der Waals surface area contributed by atoms with Crippen molar-refractivity contribution in [2.45, 2.75) is 31.1 Å². The minimum absolute atomic E-state index is 0. The first kappa shape index (κ1) is 31.4. The summed E-state index contributed by atoms with van der Waals surface area (Å²) in [4.78, 5) is 20.3. The third-order valence-corrected chi connectivity index (χ3v) is 9.49. The van der Waals surface area contributed by atoms with Crippen LogP contribution in [-0.4, -0.2) is 76.3 Å². The number of nitrogens with two attached hydrogens (primary N) is 1. The van der Waals surface area contributed by atoms with Crippen LogP contribution < -0.4 is 10.6 Å². The first-order valence-electron chi connectivity index (χ1n) is 15.0. The van der Waals surface area contributed by atoms with Crippen LogP contribution in [-0.2, 0) is 4.74 Å². The minimum Gasteiger partial charge on any atom is -0.479 e. The molecule has 1 aliphatic carbocycles. The van der Waals surface area contributed by atoms with Crippen LogP contribution >= 0.6 is 0 Å². The number of ether oxygens (including phenoxy) is 1. The molecule has 3 saturated heterocycles. The average molecular weight is 858 g/mol. The molecule has 2 aromatic heterocycles. The summed E-state index contributed by atoms with van der Waals surface area (Å²) < 4.78 is 65.0. The van der Waals surface area contributed by atoms with Crippen LogP contribution in [0, 0.1) is 66.7 Å². The van der Waals surface area contributed by atoms with Crippen molar-refractivity contribution in [1.82, 2.24) is 19.9 Å². The van der Waals surface area contributed by atoms with E-state index in [4.69, 9.17) is 10.5 Å². The number of nitrogens with zero attached hydrogens (tertiary/aromatic N) is 6. The zero-order valence-corrected chi connectivity index (χ0v) is 28.8. The Kier molecular flexibility index (Phi) is 8.04. The molecule has 4 aromatic rings. The third-order valence-electron chi connectivity index (χ3n) is 9.49. The predicted octanol–water partition coefficient (Wildman–Crippen LogP) is 5.21. The van der Waals surface area contributed by atoms with Gasteiger partial charge in [-0.05, 0) is 47.4 Å². The number of fused-ring (bicyclic) bond motifs is 2. The van der Waals surface area contributed by atoms with Crippen LogP contribution in [0.15, 0.2) is 30.5 Å². The molecule has 3 N–H and O–H groups in total. The number of rotatable bonds is 1. The molecule has 9 nitrogen and oxygen atoms in total. The van der Waals surface area contributed by atoms with Gasteiger partial charge in [0.05, 0.1) is 25.3 Å². The molecular formula is C32H29F4N7O2U. The number of aromatic hydroxyl groups is 1. The number of nitrogen functional groups attached to an aromatic ring is 1. The zero-order valence-electron chi connectivity index (χ0n) is 24.6. The molecule has 2 aromatic carbocycles. The Morgan fingerprint density at radius 1 is 1.22 bits per heavy atom. The van der Waals surface area contributed by atoms with Crippen molar-refractivity contribution in [3.63, 3.8) is 0 Å². The fraction of sp³-hybridized carbons (Fsp3) is 0.406. The number of aromatic nitrogens is 3. The summed E-state index contributed by atoms with van der Waals surface area (Å²) in [6.45, 7) is 2.60. The van der Waals surface area contributed by atoms with Gasteiger partial charge in [-0.2, -0.15) is 27.2 Å². The molecule has 0 spiro atoms. The molecule has 14 heteroatoms. The van der Waals surface area contributed by atoms with Gasteiger partial charge in [-0.3, -0.25) is 15.4 Å². The van der Waals surface area contributed by atoms with Gasteiger partial charge in [0, 0.05) is 60.5 Å². The summed E-state index contributed by atoms with van der Waals surface area (Å²) in [5.41, 5.74) is 6.02. The predicted molar refractivity (Wildman–Crippen MR) is 160 cm³/mol. The minimum atomic E-state index is -2.16. The Bertz CT molecular complexity index is 1930. The second kappa shape index (κ2) is 11.8. The van der Waals surface area contributed by atoms with Crippen molar-refractivity contribution >= 4 is 33.2 Å². The average Bonchev–Trinajstić information content (AvgIpc) is 3.21. The van der Waals surface area contributed by atoms with Crippen LogP contribution in [0.1, 0.15) is 24.8 Å². The van der Waals surface area contributed by atoms with Gasteiger partial charge < -0.3 is 25.4 Å². The first-order chi connectivity index (χ1) is 21.8. The van der Waals surface area contributed by atoms with Gasteiger partial charge in [-0.1, -0.05) is 12.5 Å². The molecule has 1 saturated carbocycles. The fourth-order valence-electron chi connectivity index (χ4n) is 7.33. The zero-order chi connectivity index (χ0) is 31.0. The van der Waals surface area contributed by atoms with Gasteiger partial charge in [0.1, 0.15) is 34.3 Å². The number of benzene rings is 2. The molecule has 10 rings (SSSR count). The second-order valence-corrected chi connectivity index (χ2v) is 12.2. The van der Waals surface area contributed by atoms with Gasteiger partial charge in [-0.25, -0.2) is 8.78 Å². The van der Waals surface area contributed by atoms with Gasteiger partial charge in [-0.15, -0.1) is 0 Å². The fourth-order valence-corrected chi connectivity index (χ4v) is 7.33. The van der Waals surface area contributed by atoms with E-state index >= 15 is 13.2 Å². The molecule has 0 amide bonds. The molecule has 6 aliphatic rings. The number of anilines is 2. The molecule has 4 bridgehead atoms. The van der Waals surface area contributed by atoms with Crippen molar-refractivity contribution in [3.05, 3.63) is 58.5 Å². The van der Waals surface area contributed by atoms with Crippen molar-refractivity contribution in [2.75, 3.05) is 50.2 Å². The van der Waals surface area contributed by atoms with Crippen LogP contribution in [0.25, 0.3) is 37.8 Å². The molecule has 4 atom stereocenters. The number of halogens is 4. The maximum absolute atomic E-state index is 16.2. The number of alkyl halides is 2. The summed E-state index contributed by atoms with van der Waals surface area (Å²) in [6, 6.07) is 8.31. The standard InChI is InChI=1S/C24H15F3N6O2.C8H13FN.U/c25-16-2-1-10-5-11(28)6-12-17(10)13(16)8-30-24(27)15-9-35-4-3-33(21(15)24)22-14-7-29-19(12)18(26)20(14)31-23(34)32-22;9-5-7-4-8-2-1-3-10(8)6-7;/h1-2,5-7,15,21H,3-4,9,28H2;7H,1-6H2;/q;-1;/p+1/t15-,21+,24-;7-;/m10./s1. The maximum Gasteiger partial charge on any atom is 0.445 e. The topological polar surface area (TPSA) is 105 Å². The summed E-state index contributed by atoms with van der Waals surface area (Å²) in [5.74, 6) is -3.98. The van der Waals surface area contributed by atoms with Crippen molar-refractivity contribution in [1.29, 1.82) is 0 Å². The molecule has 5 aliphatic heterocycles. The Morgan fingerprint density at radius 2 is 2.07 bits per heavy atom. The Morgan fingerprint density at radius 3 is 2.87 bits per heavy atom. The van der Waals surface area contributed by atoms with E-state index in [9.17, 15) is 9.50 Å². The maximum atomic E-state index is 16.2. The largest absolute Gasteiger partial charge is 0.479 e. The molecule has 7 heterocycles. The monoisotopic (exact) mass is 857 g/mol. The van der Waals surface area contributed by atoms with E-state index in [2.05, 4.69) is 30.8 Å². The van der Waals surface area contributed by atoms with Crippen LogP contribution in [0.3, 0.4) is 0 Å². The van der Waals surface area contributed by atoms with Gasteiger partial charge in [0.2, 0.25) is 0 Å². The van der Waals surface area contributed by atoms with E-state index in [0.29, 0.717) is 11.3 Å². The third kappa shape index (κ3) is 4.98. The quantitative estimate of drug-likeness (QED) is 0.117. The normalized spacial score (nSPS) is 26.1. The Hall–Kier alpha value is -3.23. The van der Waals surface area contributed by atoms with Crippen molar-refractivity contribution in [3.8, 4) is 23.3 Å². The summed E-state index contributed by atoms with van der Waals surface area (Å²) in [7, 11) is 0. The molecule has 46 heavy (non-hydrogen) atoms. The summed E-state index contributed by atoms with van der Waals surface area (Å²) in [5, 5.41) is 11.2. The molecule has 0 unspecified atom stereocenters. The summed E-state index contributed by atoms with van der Waals surface area (Å²) >= 11 is 0. The van der Waals surface area contributed by atoms with Crippen molar-refractivity contribution < 1.29 is 58.5 Å². The second-order valence-electron chi connectivity index (χ2n) is 12.2. The van der Waals surface area contributed by atoms with E-state index in [-0.39, 0.29) is 102 Å². The smallest absolute Gasteiger partial charge is 0.445 e.